The van der Waals surface area contributed by atoms with Crippen molar-refractivity contribution in [3.05, 3.63) is 48.3 Å². The van der Waals surface area contributed by atoms with Gasteiger partial charge in [-0.25, -0.2) is 0 Å². The quantitative estimate of drug-likeness (QED) is 0.799. The lowest BCUT2D eigenvalue weighted by atomic mass is 9.87. The van der Waals surface area contributed by atoms with Crippen LogP contribution in [0.15, 0.2) is 42.7 Å². The number of hydrogen-bond donors (Lipinski definition) is 2. The van der Waals surface area contributed by atoms with E-state index in [0.717, 1.165) is 0 Å². The van der Waals surface area contributed by atoms with Crippen molar-refractivity contribution >= 4 is 18.3 Å². The number of hydrogen-bond acceptors (Lipinski definition) is 4. The number of benzene rings is 1. The van der Waals surface area contributed by atoms with E-state index in [1.807, 2.05) is 0 Å². The molecular weight excluding hydrogens is 366 g/mol. The van der Waals surface area contributed by atoms with Gasteiger partial charge in [0.05, 0.1) is 0 Å². The summed E-state index contributed by atoms with van der Waals surface area (Å²) in [5.41, 5.74) is -0.270. The van der Waals surface area contributed by atoms with Crippen LogP contribution in [-0.4, -0.2) is 35.4 Å². The zero-order chi connectivity index (χ0) is 17.7. The van der Waals surface area contributed by atoms with Gasteiger partial charge >= 0.3 is 6.61 Å². The van der Waals surface area contributed by atoms with Crippen molar-refractivity contribution in [3.63, 3.8) is 0 Å². The van der Waals surface area contributed by atoms with Crippen molar-refractivity contribution < 1.29 is 18.3 Å². The fourth-order valence-corrected chi connectivity index (χ4v) is 3.12. The Labute approximate surface area is 156 Å². The third-order valence-corrected chi connectivity index (χ3v) is 4.42. The first-order chi connectivity index (χ1) is 12.1. The Morgan fingerprint density at radius 2 is 2.04 bits per heavy atom. The molecule has 0 bridgehead atoms. The van der Waals surface area contributed by atoms with Crippen LogP contribution >= 0.6 is 12.4 Å². The number of carbonyl (C=O) groups excluding carboxylic acids is 1. The van der Waals surface area contributed by atoms with E-state index >= 15 is 0 Å². The first-order valence-corrected chi connectivity index (χ1v) is 8.14. The number of para-hydroxylation sites is 1. The van der Waals surface area contributed by atoms with Gasteiger partial charge in [0.25, 0.3) is 0 Å². The van der Waals surface area contributed by atoms with E-state index in [4.69, 9.17) is 0 Å². The van der Waals surface area contributed by atoms with Crippen molar-refractivity contribution in [2.75, 3.05) is 13.1 Å². The molecule has 142 valence electrons. The van der Waals surface area contributed by atoms with E-state index in [-0.39, 0.29) is 30.6 Å². The Hall–Kier alpha value is -2.19. The van der Waals surface area contributed by atoms with Crippen LogP contribution in [-0.2, 0) is 16.9 Å². The van der Waals surface area contributed by atoms with E-state index in [2.05, 4.69) is 20.5 Å². The minimum Gasteiger partial charge on any atom is -0.434 e. The van der Waals surface area contributed by atoms with Gasteiger partial charge in [-0.2, -0.15) is 13.9 Å². The van der Waals surface area contributed by atoms with Gasteiger partial charge in [0, 0.05) is 24.5 Å². The standard InChI is InChI=1S/C17H20F2N4O2.ClH/c18-16(19)25-14-5-2-1-4-13(14)12-21-15(24)17(6-9-20-10-7-17)23-11-3-8-22-23;/h1-5,8,11,16,20H,6-7,9-10,12H2,(H,21,24);1H. The molecule has 2 heterocycles. The molecule has 1 amide bonds. The Morgan fingerprint density at radius 1 is 1.31 bits per heavy atom. The third-order valence-electron chi connectivity index (χ3n) is 4.42. The van der Waals surface area contributed by atoms with Crippen molar-refractivity contribution in [1.82, 2.24) is 20.4 Å². The molecule has 0 aliphatic carbocycles. The largest absolute Gasteiger partial charge is 0.434 e. The smallest absolute Gasteiger partial charge is 0.387 e. The van der Waals surface area contributed by atoms with Crippen LogP contribution in [0.1, 0.15) is 18.4 Å². The predicted molar refractivity (Wildman–Crippen MR) is 94.5 cm³/mol. The number of piperidine rings is 1. The van der Waals surface area contributed by atoms with Crippen LogP contribution in [0.4, 0.5) is 8.78 Å². The highest BCUT2D eigenvalue weighted by atomic mass is 35.5. The zero-order valence-corrected chi connectivity index (χ0v) is 14.8. The van der Waals surface area contributed by atoms with Crippen molar-refractivity contribution in [2.24, 2.45) is 0 Å². The van der Waals surface area contributed by atoms with E-state index in [1.54, 1.807) is 41.3 Å². The fraction of sp³-hybridized carbons (Fsp3) is 0.412. The number of amides is 1. The summed E-state index contributed by atoms with van der Waals surface area (Å²) in [5, 5.41) is 10.3. The Balaban J connectivity index is 0.00000243. The average Bonchev–Trinajstić information content (AvgIpc) is 3.16. The van der Waals surface area contributed by atoms with E-state index in [9.17, 15) is 13.6 Å². The van der Waals surface area contributed by atoms with Crippen molar-refractivity contribution in [2.45, 2.75) is 31.5 Å². The number of alkyl halides is 2. The van der Waals surface area contributed by atoms with Crippen LogP contribution in [0, 0.1) is 0 Å². The summed E-state index contributed by atoms with van der Waals surface area (Å²) in [5.74, 6) is -0.110. The van der Waals surface area contributed by atoms with Crippen LogP contribution in [0.2, 0.25) is 0 Å². The highest BCUT2D eigenvalue weighted by Gasteiger charge is 2.41. The summed E-state index contributed by atoms with van der Waals surface area (Å²) in [4.78, 5) is 12.9. The number of carbonyl (C=O) groups is 1. The number of ether oxygens (including phenoxy) is 1. The first kappa shape index (κ1) is 20.1. The summed E-state index contributed by atoms with van der Waals surface area (Å²) >= 11 is 0. The van der Waals surface area contributed by atoms with Gasteiger partial charge in [0.15, 0.2) is 0 Å². The van der Waals surface area contributed by atoms with Crippen LogP contribution in [0.5, 0.6) is 5.75 Å². The van der Waals surface area contributed by atoms with Gasteiger partial charge in [-0.1, -0.05) is 18.2 Å². The molecule has 1 aliphatic rings. The zero-order valence-electron chi connectivity index (χ0n) is 14.0. The van der Waals surface area contributed by atoms with Gasteiger partial charge in [0.1, 0.15) is 11.3 Å². The Kier molecular flexibility index (Phi) is 6.93. The van der Waals surface area contributed by atoms with Crippen LogP contribution < -0.4 is 15.4 Å². The fourth-order valence-electron chi connectivity index (χ4n) is 3.12. The van der Waals surface area contributed by atoms with Gasteiger partial charge < -0.3 is 15.4 Å². The predicted octanol–water partition coefficient (Wildman–Crippen LogP) is 2.30. The maximum atomic E-state index is 12.9. The lowest BCUT2D eigenvalue weighted by Gasteiger charge is -2.36. The molecule has 0 saturated carbocycles. The summed E-state index contributed by atoms with van der Waals surface area (Å²) in [6, 6.07) is 8.22. The molecule has 0 unspecified atom stereocenters. The SMILES string of the molecule is Cl.O=C(NCc1ccccc1OC(F)F)C1(n2cccn2)CCNCC1. The molecule has 1 aromatic heterocycles. The summed E-state index contributed by atoms with van der Waals surface area (Å²) < 4.78 is 31.2. The molecule has 6 nitrogen and oxygen atoms in total. The summed E-state index contributed by atoms with van der Waals surface area (Å²) in [6.45, 7) is -1.38. The number of nitrogens with one attached hydrogen (secondary N) is 2. The van der Waals surface area contributed by atoms with Crippen LogP contribution in [0.25, 0.3) is 0 Å². The summed E-state index contributed by atoms with van der Waals surface area (Å²) in [6.07, 6.45) is 4.63. The maximum Gasteiger partial charge on any atom is 0.387 e. The number of aromatic nitrogens is 2. The second-order valence-electron chi connectivity index (χ2n) is 5.90. The number of nitrogens with zero attached hydrogens (tertiary/aromatic N) is 2. The summed E-state index contributed by atoms with van der Waals surface area (Å²) in [7, 11) is 0. The van der Waals surface area contributed by atoms with Crippen molar-refractivity contribution in [1.29, 1.82) is 0 Å². The molecule has 1 saturated heterocycles. The molecular formula is C17H21ClF2N4O2. The molecule has 9 heteroatoms. The molecule has 3 rings (SSSR count). The minimum absolute atomic E-state index is 0. The van der Waals surface area contributed by atoms with Crippen LogP contribution in [0.3, 0.4) is 0 Å². The molecule has 26 heavy (non-hydrogen) atoms. The van der Waals surface area contributed by atoms with Gasteiger partial charge in [0.2, 0.25) is 5.91 Å². The first-order valence-electron chi connectivity index (χ1n) is 8.14. The monoisotopic (exact) mass is 386 g/mol. The average molecular weight is 387 g/mol. The van der Waals surface area contributed by atoms with Gasteiger partial charge in [-0.15, -0.1) is 12.4 Å². The molecule has 1 aliphatic heterocycles. The van der Waals surface area contributed by atoms with Crippen molar-refractivity contribution in [3.8, 4) is 5.75 Å². The highest BCUT2D eigenvalue weighted by Crippen LogP contribution is 2.28. The lowest BCUT2D eigenvalue weighted by Crippen LogP contribution is -2.54. The van der Waals surface area contributed by atoms with E-state index in [1.165, 1.54) is 6.07 Å². The van der Waals surface area contributed by atoms with Gasteiger partial charge in [-0.3, -0.25) is 9.48 Å². The molecule has 0 spiro atoms. The molecule has 0 atom stereocenters. The Morgan fingerprint density at radius 3 is 2.69 bits per heavy atom. The molecule has 2 N–H and O–H groups in total. The maximum absolute atomic E-state index is 12.9. The highest BCUT2D eigenvalue weighted by molar-refractivity contribution is 5.85. The topological polar surface area (TPSA) is 68.2 Å². The number of halogens is 3. The minimum atomic E-state index is -2.91. The second-order valence-corrected chi connectivity index (χ2v) is 5.90. The normalized spacial score (nSPS) is 16.0. The molecule has 0 radical (unpaired) electrons. The number of rotatable bonds is 6. The third kappa shape index (κ3) is 4.31. The molecule has 2 aromatic rings. The Bertz CT molecular complexity index is 707. The van der Waals surface area contributed by atoms with Gasteiger partial charge in [-0.05, 0) is 38.1 Å². The van der Waals surface area contributed by atoms with E-state index in [0.29, 0.717) is 31.5 Å². The molecule has 1 fully saturated rings. The lowest BCUT2D eigenvalue weighted by molar-refractivity contribution is -0.132. The molecule has 1 aromatic carbocycles. The van der Waals surface area contributed by atoms with E-state index < -0.39 is 12.2 Å². The second kappa shape index (κ2) is 8.95.